The number of nitrogens with one attached hydrogen (secondary N) is 1. The Balaban J connectivity index is 1.46. The minimum Gasteiger partial charge on any atom is -0.384 e. The first kappa shape index (κ1) is 19.4. The predicted octanol–water partition coefficient (Wildman–Crippen LogP) is 3.40. The molecule has 0 aromatic heterocycles. The Morgan fingerprint density at radius 2 is 1.93 bits per heavy atom. The van der Waals surface area contributed by atoms with E-state index < -0.39 is 0 Å². The van der Waals surface area contributed by atoms with Gasteiger partial charge in [0, 0.05) is 38.4 Å². The van der Waals surface area contributed by atoms with E-state index in [4.69, 9.17) is 0 Å². The molecule has 144 valence electrons. The number of carbonyl (C=O) groups excluding carboxylic acids is 1. The average molecular weight is 369 g/mol. The molecule has 5 heteroatoms. The summed E-state index contributed by atoms with van der Waals surface area (Å²) in [6.45, 7) is 3.84. The fraction of sp³-hybridized carbons (Fsp3) is 0.409. The van der Waals surface area contributed by atoms with Gasteiger partial charge in [-0.1, -0.05) is 30.3 Å². The topological polar surface area (TPSA) is 35.6 Å². The van der Waals surface area contributed by atoms with Crippen molar-refractivity contribution in [1.82, 2.24) is 9.80 Å². The van der Waals surface area contributed by atoms with Crippen molar-refractivity contribution < 1.29 is 9.18 Å². The number of carbonyl (C=O) groups is 1. The fourth-order valence-corrected chi connectivity index (χ4v) is 3.57. The Morgan fingerprint density at radius 3 is 2.67 bits per heavy atom. The maximum Gasteiger partial charge on any atom is 0.227 e. The Bertz CT molecular complexity index is 720. The van der Waals surface area contributed by atoms with E-state index in [0.29, 0.717) is 6.42 Å². The number of benzene rings is 2. The van der Waals surface area contributed by atoms with Crippen LogP contribution in [-0.4, -0.2) is 55.0 Å². The van der Waals surface area contributed by atoms with Gasteiger partial charge in [0.2, 0.25) is 5.91 Å². The lowest BCUT2D eigenvalue weighted by atomic mass is 10.0. The molecule has 27 heavy (non-hydrogen) atoms. The molecular weight excluding hydrogens is 341 g/mol. The largest absolute Gasteiger partial charge is 0.384 e. The minimum atomic E-state index is -0.272. The molecule has 0 radical (unpaired) electrons. The molecule has 0 aliphatic carbocycles. The van der Waals surface area contributed by atoms with Gasteiger partial charge in [0.15, 0.2) is 0 Å². The van der Waals surface area contributed by atoms with Crippen LogP contribution >= 0.6 is 0 Å². The molecule has 1 atom stereocenters. The van der Waals surface area contributed by atoms with Crippen LogP contribution in [0.15, 0.2) is 54.6 Å². The van der Waals surface area contributed by atoms with E-state index in [0.717, 1.165) is 50.3 Å². The van der Waals surface area contributed by atoms with Crippen LogP contribution in [0.3, 0.4) is 0 Å². The van der Waals surface area contributed by atoms with Gasteiger partial charge < -0.3 is 10.2 Å². The number of likely N-dealkylation sites (N-methyl/N-ethyl adjacent to an activating group) is 1. The van der Waals surface area contributed by atoms with E-state index in [1.807, 2.05) is 30.1 Å². The molecule has 1 heterocycles. The van der Waals surface area contributed by atoms with Crippen molar-refractivity contribution in [2.45, 2.75) is 25.3 Å². The van der Waals surface area contributed by atoms with Gasteiger partial charge in [0.1, 0.15) is 5.82 Å². The minimum absolute atomic E-state index is 0.0934. The first-order valence-corrected chi connectivity index (χ1v) is 9.63. The van der Waals surface area contributed by atoms with E-state index in [1.165, 1.54) is 12.1 Å². The Labute approximate surface area is 161 Å². The van der Waals surface area contributed by atoms with Crippen molar-refractivity contribution in [2.75, 3.05) is 38.5 Å². The van der Waals surface area contributed by atoms with E-state index in [1.54, 1.807) is 12.1 Å². The lowest BCUT2D eigenvalue weighted by molar-refractivity contribution is -0.132. The van der Waals surface area contributed by atoms with Crippen molar-refractivity contribution >= 4 is 11.6 Å². The van der Waals surface area contributed by atoms with Crippen LogP contribution in [0.25, 0.3) is 0 Å². The molecule has 2 aromatic carbocycles. The van der Waals surface area contributed by atoms with E-state index in [9.17, 15) is 9.18 Å². The highest BCUT2D eigenvalue weighted by Crippen LogP contribution is 2.16. The third kappa shape index (κ3) is 5.79. The Morgan fingerprint density at radius 1 is 1.19 bits per heavy atom. The molecule has 0 spiro atoms. The zero-order chi connectivity index (χ0) is 19.1. The molecule has 1 fully saturated rings. The van der Waals surface area contributed by atoms with Crippen LogP contribution in [0, 0.1) is 5.82 Å². The summed E-state index contributed by atoms with van der Waals surface area (Å²) in [5.41, 5.74) is 1.99. The summed E-state index contributed by atoms with van der Waals surface area (Å²) in [5, 5.41) is 3.44. The predicted molar refractivity (Wildman–Crippen MR) is 107 cm³/mol. The average Bonchev–Trinajstić information content (AvgIpc) is 2.70. The molecule has 3 rings (SSSR count). The summed E-state index contributed by atoms with van der Waals surface area (Å²) in [5.74, 6) is -0.178. The Kier molecular flexibility index (Phi) is 6.82. The molecule has 1 aliphatic heterocycles. The number of anilines is 1. The summed E-state index contributed by atoms with van der Waals surface area (Å²) in [7, 11) is 1.89. The number of hydrogen-bond acceptors (Lipinski definition) is 3. The van der Waals surface area contributed by atoms with Crippen molar-refractivity contribution in [3.05, 3.63) is 66.0 Å². The van der Waals surface area contributed by atoms with Gasteiger partial charge in [-0.25, -0.2) is 4.39 Å². The molecule has 1 amide bonds. The second-order valence-electron chi connectivity index (χ2n) is 7.20. The zero-order valence-corrected chi connectivity index (χ0v) is 15.9. The second-order valence-corrected chi connectivity index (χ2v) is 7.20. The Hall–Kier alpha value is -2.40. The summed E-state index contributed by atoms with van der Waals surface area (Å²) >= 11 is 0. The van der Waals surface area contributed by atoms with Crippen molar-refractivity contribution in [1.29, 1.82) is 0 Å². The molecule has 1 aliphatic rings. The summed E-state index contributed by atoms with van der Waals surface area (Å²) < 4.78 is 13.0. The maximum absolute atomic E-state index is 13.0. The number of piperidine rings is 1. The smallest absolute Gasteiger partial charge is 0.227 e. The number of para-hydroxylation sites is 1. The highest BCUT2D eigenvalue weighted by Gasteiger charge is 2.25. The molecule has 4 nitrogen and oxygen atoms in total. The lowest BCUT2D eigenvalue weighted by Gasteiger charge is -2.37. The van der Waals surface area contributed by atoms with Crippen LogP contribution < -0.4 is 5.32 Å². The number of hydrogen-bond donors (Lipinski definition) is 1. The molecule has 1 N–H and O–H groups in total. The highest BCUT2D eigenvalue weighted by atomic mass is 19.1. The summed E-state index contributed by atoms with van der Waals surface area (Å²) in [6, 6.07) is 16.6. The van der Waals surface area contributed by atoms with Gasteiger partial charge in [-0.3, -0.25) is 9.69 Å². The van der Waals surface area contributed by atoms with E-state index in [-0.39, 0.29) is 17.8 Å². The van der Waals surface area contributed by atoms with Gasteiger partial charge in [0.25, 0.3) is 0 Å². The number of halogens is 1. The fourth-order valence-electron chi connectivity index (χ4n) is 3.57. The van der Waals surface area contributed by atoms with E-state index >= 15 is 0 Å². The monoisotopic (exact) mass is 369 g/mol. The number of likely N-dealkylation sites (tertiary alicyclic amines) is 1. The molecule has 0 bridgehead atoms. The normalized spacial score (nSPS) is 17.5. The van der Waals surface area contributed by atoms with Gasteiger partial charge in [-0.05, 0) is 49.2 Å². The zero-order valence-electron chi connectivity index (χ0n) is 15.9. The summed E-state index contributed by atoms with van der Waals surface area (Å²) in [6.07, 6.45) is 2.46. The summed E-state index contributed by atoms with van der Waals surface area (Å²) in [4.78, 5) is 16.9. The van der Waals surface area contributed by atoms with Crippen molar-refractivity contribution in [2.24, 2.45) is 0 Å². The lowest BCUT2D eigenvalue weighted by Crippen LogP contribution is -2.49. The number of nitrogens with zero attached hydrogens (tertiary/aromatic N) is 2. The highest BCUT2D eigenvalue weighted by molar-refractivity contribution is 5.78. The quantitative estimate of drug-likeness (QED) is 0.812. The van der Waals surface area contributed by atoms with Gasteiger partial charge in [-0.15, -0.1) is 0 Å². The first-order chi connectivity index (χ1) is 13.1. The van der Waals surface area contributed by atoms with Crippen LogP contribution in [0.2, 0.25) is 0 Å². The molecule has 0 saturated carbocycles. The third-order valence-electron chi connectivity index (χ3n) is 5.22. The van der Waals surface area contributed by atoms with Crippen LogP contribution in [0.4, 0.5) is 10.1 Å². The van der Waals surface area contributed by atoms with Crippen LogP contribution in [-0.2, 0) is 11.2 Å². The molecular formula is C22H28FN3O. The molecule has 1 unspecified atom stereocenters. The number of amides is 1. The van der Waals surface area contributed by atoms with E-state index in [2.05, 4.69) is 22.3 Å². The molecule has 2 aromatic rings. The molecule has 1 saturated heterocycles. The van der Waals surface area contributed by atoms with Crippen LogP contribution in [0.1, 0.15) is 18.4 Å². The second kappa shape index (κ2) is 9.51. The third-order valence-corrected chi connectivity index (χ3v) is 5.22. The number of rotatable bonds is 7. The van der Waals surface area contributed by atoms with Crippen molar-refractivity contribution in [3.8, 4) is 0 Å². The SMILES string of the molecule is CN(C(=O)Cc1ccc(F)cc1)C1CCCN(CCNc2ccccc2)C1. The van der Waals surface area contributed by atoms with Gasteiger partial charge in [-0.2, -0.15) is 0 Å². The van der Waals surface area contributed by atoms with Crippen LogP contribution in [0.5, 0.6) is 0 Å². The first-order valence-electron chi connectivity index (χ1n) is 9.63. The standard InChI is InChI=1S/C22H28FN3O/c1-25(22(27)16-18-9-11-19(23)12-10-18)21-8-5-14-26(17-21)15-13-24-20-6-3-2-4-7-20/h2-4,6-7,9-12,21,24H,5,8,13-17H2,1H3. The maximum atomic E-state index is 13.0. The van der Waals surface area contributed by atoms with Crippen molar-refractivity contribution in [3.63, 3.8) is 0 Å². The van der Waals surface area contributed by atoms with Gasteiger partial charge >= 0.3 is 0 Å². The van der Waals surface area contributed by atoms with Gasteiger partial charge in [0.05, 0.1) is 6.42 Å².